The SMILES string of the molecule is O=C(O)CCC[C@H](NC(=O)N[C@@H](CCCCNC(=O)[C@H](Cc1c2ccccc2cc2ccccc12)NC(=O)C1CCC(CNC(=O)CNC(=O)[C@H](CCCCNC(=O)CN2CCN(CC(=O)O)CCN(CC(=O)O)CCN(CC(=O)O)CC2)NC(=O)CNC(=O)CCCc2ccc([N+](=O)[O-])cc2)CC1)C(=O)O)C(=O)O. The van der Waals surface area contributed by atoms with Crippen LogP contribution in [0.15, 0.2) is 78.9 Å². The van der Waals surface area contributed by atoms with Gasteiger partial charge >= 0.3 is 41.8 Å². The number of nitrogens with zero attached hydrogens (tertiary/aromatic N) is 5. The molecule has 36 heteroatoms. The molecule has 110 heavy (non-hydrogen) atoms. The summed E-state index contributed by atoms with van der Waals surface area (Å²) in [6, 6.07) is 17.0. The van der Waals surface area contributed by atoms with Crippen molar-refractivity contribution >= 4 is 110 Å². The zero-order chi connectivity index (χ0) is 80.1. The molecule has 15 N–H and O–H groups in total. The Morgan fingerprint density at radius 2 is 0.927 bits per heavy atom. The number of aliphatic carboxylic acids is 6. The van der Waals surface area contributed by atoms with Gasteiger partial charge in [-0.15, -0.1) is 0 Å². The molecule has 1 heterocycles. The number of nitro groups is 1. The number of carboxylic acid groups (broad SMARTS) is 6. The zero-order valence-corrected chi connectivity index (χ0v) is 61.5. The van der Waals surface area contributed by atoms with Crippen LogP contribution in [0.2, 0.25) is 0 Å². The van der Waals surface area contributed by atoms with Crippen LogP contribution in [-0.4, -0.2) is 274 Å². The van der Waals surface area contributed by atoms with E-state index in [1.54, 1.807) is 31.7 Å². The highest BCUT2D eigenvalue weighted by atomic mass is 16.6. The number of rotatable bonds is 44. The third kappa shape index (κ3) is 32.5. The van der Waals surface area contributed by atoms with E-state index in [4.69, 9.17) is 5.11 Å². The molecule has 1 aliphatic carbocycles. The second-order valence-corrected chi connectivity index (χ2v) is 27.6. The summed E-state index contributed by atoms with van der Waals surface area (Å²) in [7, 11) is 0. The van der Waals surface area contributed by atoms with E-state index in [1.807, 2.05) is 54.6 Å². The van der Waals surface area contributed by atoms with E-state index in [1.165, 1.54) is 12.1 Å². The number of fused-ring (bicyclic) bond motifs is 2. The average molecular weight is 1540 g/mol. The number of amides is 9. The lowest BCUT2D eigenvalue weighted by molar-refractivity contribution is -0.384. The maximum Gasteiger partial charge on any atom is 0.326 e. The molecule has 2 aliphatic rings. The first-order valence-corrected chi connectivity index (χ1v) is 37.0. The van der Waals surface area contributed by atoms with Gasteiger partial charge in [0.1, 0.15) is 24.2 Å². The molecular weight excluding hydrogens is 1440 g/mol. The zero-order valence-electron chi connectivity index (χ0n) is 61.5. The Kier molecular flexibility index (Phi) is 37.1. The van der Waals surface area contributed by atoms with Gasteiger partial charge in [-0.25, -0.2) is 14.4 Å². The van der Waals surface area contributed by atoms with E-state index in [-0.39, 0.29) is 180 Å². The van der Waals surface area contributed by atoms with Crippen LogP contribution >= 0.6 is 0 Å². The van der Waals surface area contributed by atoms with Gasteiger partial charge in [-0.2, -0.15) is 0 Å². The minimum atomic E-state index is -1.47. The maximum atomic E-state index is 14.3. The fourth-order valence-electron chi connectivity index (χ4n) is 13.2. The van der Waals surface area contributed by atoms with E-state index >= 15 is 0 Å². The average Bonchev–Trinajstić information content (AvgIpc) is 0.772. The third-order valence-corrected chi connectivity index (χ3v) is 19.2. The predicted molar refractivity (Wildman–Crippen MR) is 398 cm³/mol. The molecule has 0 aromatic heterocycles. The van der Waals surface area contributed by atoms with Crippen LogP contribution in [0, 0.1) is 22.0 Å². The summed E-state index contributed by atoms with van der Waals surface area (Å²) in [5.41, 5.74) is 1.51. The van der Waals surface area contributed by atoms with Gasteiger partial charge in [0.15, 0.2) is 0 Å². The second kappa shape index (κ2) is 46.4. The number of carbonyl (C=O) groups is 14. The molecule has 1 saturated heterocycles. The topological polar surface area (TPSA) is 525 Å². The van der Waals surface area contributed by atoms with Crippen molar-refractivity contribution < 1.29 is 103 Å². The summed E-state index contributed by atoms with van der Waals surface area (Å²) in [6.45, 7) is -0.173. The van der Waals surface area contributed by atoms with E-state index in [2.05, 4.69) is 47.9 Å². The van der Waals surface area contributed by atoms with E-state index in [9.17, 15) is 103 Å². The molecule has 4 aromatic rings. The number of hydrogen-bond acceptors (Lipinski definition) is 20. The van der Waals surface area contributed by atoms with Crippen molar-refractivity contribution in [1.29, 1.82) is 0 Å². The second-order valence-electron chi connectivity index (χ2n) is 27.6. The molecule has 0 spiro atoms. The molecule has 0 bridgehead atoms. The number of carbonyl (C=O) groups excluding carboxylic acids is 8. The summed E-state index contributed by atoms with van der Waals surface area (Å²) in [5.74, 6) is -11.6. The van der Waals surface area contributed by atoms with Gasteiger partial charge in [0.2, 0.25) is 41.4 Å². The maximum absolute atomic E-state index is 14.3. The first kappa shape index (κ1) is 87.9. The van der Waals surface area contributed by atoms with E-state index in [0.29, 0.717) is 44.9 Å². The van der Waals surface area contributed by atoms with Crippen molar-refractivity contribution in [3.8, 4) is 0 Å². The molecule has 0 radical (unpaired) electrons. The van der Waals surface area contributed by atoms with Gasteiger partial charge in [0.25, 0.3) is 5.69 Å². The molecule has 4 aromatic carbocycles. The molecule has 0 unspecified atom stereocenters. The summed E-state index contributed by atoms with van der Waals surface area (Å²) < 4.78 is 0. The van der Waals surface area contributed by atoms with Crippen molar-refractivity contribution in [3.63, 3.8) is 0 Å². The highest BCUT2D eigenvalue weighted by Crippen LogP contribution is 2.32. The largest absolute Gasteiger partial charge is 0.481 e. The van der Waals surface area contributed by atoms with Gasteiger partial charge in [-0.3, -0.25) is 82.5 Å². The number of urea groups is 1. The molecule has 9 amide bonds. The van der Waals surface area contributed by atoms with Gasteiger partial charge < -0.3 is 78.5 Å². The quantitative estimate of drug-likeness (QED) is 0.0128. The Bertz CT molecular complexity index is 3750. The van der Waals surface area contributed by atoms with Gasteiger partial charge in [0, 0.05) is 109 Å². The fourth-order valence-corrected chi connectivity index (χ4v) is 13.2. The van der Waals surface area contributed by atoms with E-state index in [0.717, 1.165) is 32.7 Å². The number of benzene rings is 4. The minimum absolute atomic E-state index is 0.0146. The molecular formula is C74H102N14O22. The number of unbranched alkanes of at least 4 members (excludes halogenated alkanes) is 2. The first-order valence-electron chi connectivity index (χ1n) is 37.0. The number of hydrogen-bond donors (Lipinski definition) is 15. The van der Waals surface area contributed by atoms with Crippen LogP contribution in [0.3, 0.4) is 0 Å². The highest BCUT2D eigenvalue weighted by molar-refractivity contribution is 6.03. The van der Waals surface area contributed by atoms with Crippen LogP contribution in [0.4, 0.5) is 10.5 Å². The number of non-ortho nitro benzene ring substituents is 1. The predicted octanol–water partition coefficient (Wildman–Crippen LogP) is 1.10. The van der Waals surface area contributed by atoms with Crippen LogP contribution in [0.25, 0.3) is 21.5 Å². The lowest BCUT2D eigenvalue weighted by Crippen LogP contribution is -2.51. The van der Waals surface area contributed by atoms with Crippen molar-refractivity contribution in [2.45, 2.75) is 133 Å². The highest BCUT2D eigenvalue weighted by Gasteiger charge is 2.32. The Labute approximate surface area is 634 Å². The minimum Gasteiger partial charge on any atom is -0.481 e. The number of nitro benzene ring substituents is 1. The molecule has 6 rings (SSSR count). The molecule has 4 atom stereocenters. The fraction of sp³-hybridized carbons (Fsp3) is 0.541. The van der Waals surface area contributed by atoms with Crippen LogP contribution in [0.1, 0.15) is 107 Å². The number of carboxylic acids is 6. The third-order valence-electron chi connectivity index (χ3n) is 19.2. The Hall–Kier alpha value is -11.0. The summed E-state index contributed by atoms with van der Waals surface area (Å²) in [6.07, 6.45) is 3.07. The number of nitrogens with one attached hydrogen (secondary N) is 9. The van der Waals surface area contributed by atoms with Crippen LogP contribution in [-0.2, 0) is 75.2 Å². The lowest BCUT2D eigenvalue weighted by atomic mass is 9.81. The molecule has 2 fully saturated rings. The molecule has 600 valence electrons. The Balaban J connectivity index is 1.02. The Morgan fingerprint density at radius 1 is 0.445 bits per heavy atom. The summed E-state index contributed by atoms with van der Waals surface area (Å²) >= 11 is 0. The van der Waals surface area contributed by atoms with Crippen molar-refractivity contribution in [3.05, 3.63) is 100 Å². The van der Waals surface area contributed by atoms with E-state index < -0.39 is 125 Å². The molecule has 1 aliphatic heterocycles. The molecule has 36 nitrogen and oxygen atoms in total. The Morgan fingerprint density at radius 3 is 1.44 bits per heavy atom. The lowest BCUT2D eigenvalue weighted by Gasteiger charge is -2.32. The molecule has 1 saturated carbocycles. The monoisotopic (exact) mass is 1540 g/mol. The van der Waals surface area contributed by atoms with Gasteiger partial charge in [0.05, 0.1) is 44.2 Å². The standard InChI is InChI=1S/C74H102N14O22/c89-61(19-9-11-48-23-27-53(28-24-48)88(109)110)78-43-63(91)80-57(16-5-7-29-75-64(92)44-84-31-33-85(45-66(95)96)35-37-87(47-68(99)100)38-36-86(34-32-84)46-67(97)98)70(102)79-42-62(90)77-41-49-21-25-50(26-22-49)69(101)81-60(40-56-54-14-3-1-12-51(54)39-52-13-2-4-15-55(52)56)71(103)76-30-8-6-17-58(72(104)105)82-74(108)83-59(73(106)107)18-10-20-65(93)94/h1-4,12-15,23-24,27-28,39,49-50,57-60H,5-11,16-22,25-26,29-38,40-47H2,(H,75,92)(H,76,103)(H,77,90)(H,78,89)(H,79,102)(H,80,91)(H,81,101)(H,93,94)(H,95,96)(H,97,98)(H,99,100)(H,104,105)(H,106,107)(H2,82,83,108)/t49?,50?,57-,58-,59-,60-/m0/s1. The van der Waals surface area contributed by atoms with Crippen molar-refractivity contribution in [1.82, 2.24) is 67.5 Å². The van der Waals surface area contributed by atoms with Crippen molar-refractivity contribution in [2.24, 2.45) is 11.8 Å². The normalized spacial score (nSPS) is 16.5. The first-order chi connectivity index (χ1) is 52.6. The van der Waals surface area contributed by atoms with Crippen molar-refractivity contribution in [2.75, 3.05) is 111 Å². The summed E-state index contributed by atoms with van der Waals surface area (Å²) in [4.78, 5) is 195. The van der Waals surface area contributed by atoms with Gasteiger partial charge in [-0.05, 0) is 135 Å². The number of aryl methyl sites for hydroxylation is 1. The van der Waals surface area contributed by atoms with Crippen LogP contribution in [0.5, 0.6) is 0 Å². The van der Waals surface area contributed by atoms with Gasteiger partial charge in [-0.1, -0.05) is 60.7 Å². The summed E-state index contributed by atoms with van der Waals surface area (Å²) in [5, 5.41) is 95.4. The smallest absolute Gasteiger partial charge is 0.326 e. The van der Waals surface area contributed by atoms with Crippen LogP contribution < -0.4 is 47.9 Å².